The summed E-state index contributed by atoms with van der Waals surface area (Å²) in [4.78, 5) is 14.9. The minimum Gasteiger partial charge on any atom is -0.379 e. The first-order chi connectivity index (χ1) is 9.58. The highest BCUT2D eigenvalue weighted by atomic mass is 16.5. The zero-order valence-corrected chi connectivity index (χ0v) is 13.4. The van der Waals surface area contributed by atoms with Gasteiger partial charge in [0.25, 0.3) is 0 Å². The highest BCUT2D eigenvalue weighted by molar-refractivity contribution is 5.84. The van der Waals surface area contributed by atoms with Crippen LogP contribution in [0.15, 0.2) is 0 Å². The molecule has 1 N–H and O–H groups in total. The van der Waals surface area contributed by atoms with Crippen molar-refractivity contribution in [3.63, 3.8) is 0 Å². The summed E-state index contributed by atoms with van der Waals surface area (Å²) in [6.45, 7) is 6.54. The number of carbonyl (C=O) groups excluding carboxylic acids is 1. The molecule has 4 atom stereocenters. The Balaban J connectivity index is 2.12. The Morgan fingerprint density at radius 2 is 2.15 bits per heavy atom. The van der Waals surface area contributed by atoms with Crippen LogP contribution in [0.3, 0.4) is 0 Å². The van der Waals surface area contributed by atoms with E-state index in [-0.39, 0.29) is 24.4 Å². The van der Waals surface area contributed by atoms with E-state index in [0.717, 1.165) is 32.1 Å². The average Bonchev–Trinajstić information content (AvgIpc) is 2.95. The number of methoxy groups -OCH3 is 1. The Labute approximate surface area is 123 Å². The Kier molecular flexibility index (Phi) is 5.44. The van der Waals surface area contributed by atoms with Gasteiger partial charge in [-0.3, -0.25) is 10.1 Å². The van der Waals surface area contributed by atoms with Crippen molar-refractivity contribution in [2.75, 3.05) is 7.11 Å². The van der Waals surface area contributed by atoms with Gasteiger partial charge in [-0.25, -0.2) is 0 Å². The zero-order chi connectivity index (χ0) is 14.7. The average molecular weight is 282 g/mol. The molecule has 4 unspecified atom stereocenters. The maximum absolute atomic E-state index is 12.8. The minimum atomic E-state index is 0.00431. The molecule has 2 aliphatic rings. The molecule has 20 heavy (non-hydrogen) atoms. The van der Waals surface area contributed by atoms with Gasteiger partial charge in [0.1, 0.15) is 0 Å². The third-order valence-electron chi connectivity index (χ3n) is 4.63. The number of hydrogen-bond acceptors (Lipinski definition) is 3. The van der Waals surface area contributed by atoms with Crippen LogP contribution < -0.4 is 5.32 Å². The summed E-state index contributed by atoms with van der Waals surface area (Å²) in [5.41, 5.74) is 0. The standard InChI is InChI=1S/C16H30N2O2/c1-5-7-15-17-12(10-11(2)3)16(19)18(15)13-8-6-9-14(13)20-4/h11-15,17H,5-10H2,1-4H3. The van der Waals surface area contributed by atoms with Gasteiger partial charge in [-0.2, -0.15) is 0 Å². The van der Waals surface area contributed by atoms with Crippen molar-refractivity contribution < 1.29 is 9.53 Å². The molecule has 1 saturated heterocycles. The van der Waals surface area contributed by atoms with E-state index < -0.39 is 0 Å². The predicted molar refractivity (Wildman–Crippen MR) is 80.4 cm³/mol. The topological polar surface area (TPSA) is 41.6 Å². The molecule has 2 fully saturated rings. The van der Waals surface area contributed by atoms with E-state index in [4.69, 9.17) is 4.74 Å². The monoisotopic (exact) mass is 282 g/mol. The highest BCUT2D eigenvalue weighted by Gasteiger charge is 2.45. The van der Waals surface area contributed by atoms with Crippen LogP contribution in [-0.2, 0) is 9.53 Å². The van der Waals surface area contributed by atoms with Crippen molar-refractivity contribution in [1.82, 2.24) is 10.2 Å². The van der Waals surface area contributed by atoms with Crippen molar-refractivity contribution >= 4 is 5.91 Å². The first kappa shape index (κ1) is 15.8. The molecule has 0 aromatic heterocycles. The number of carbonyl (C=O) groups is 1. The largest absolute Gasteiger partial charge is 0.379 e. The van der Waals surface area contributed by atoms with Crippen LogP contribution >= 0.6 is 0 Å². The van der Waals surface area contributed by atoms with Gasteiger partial charge in [-0.05, 0) is 38.0 Å². The number of ether oxygens (including phenoxy) is 1. The molecule has 0 aromatic carbocycles. The van der Waals surface area contributed by atoms with Crippen LogP contribution in [0.4, 0.5) is 0 Å². The summed E-state index contributed by atoms with van der Waals surface area (Å²) >= 11 is 0. The van der Waals surface area contributed by atoms with E-state index in [2.05, 4.69) is 31.0 Å². The Hall–Kier alpha value is -0.610. The number of nitrogens with one attached hydrogen (secondary N) is 1. The molecule has 4 heteroatoms. The van der Waals surface area contributed by atoms with E-state index in [1.165, 1.54) is 6.42 Å². The van der Waals surface area contributed by atoms with Crippen LogP contribution in [0, 0.1) is 5.92 Å². The summed E-state index contributed by atoms with van der Waals surface area (Å²) in [5.74, 6) is 0.839. The molecule has 1 amide bonds. The minimum absolute atomic E-state index is 0.00431. The summed E-state index contributed by atoms with van der Waals surface area (Å²) in [5, 5.41) is 3.57. The van der Waals surface area contributed by atoms with Gasteiger partial charge in [0.05, 0.1) is 24.4 Å². The van der Waals surface area contributed by atoms with Crippen LogP contribution in [0.5, 0.6) is 0 Å². The number of amides is 1. The molecule has 2 rings (SSSR count). The van der Waals surface area contributed by atoms with Gasteiger partial charge in [0, 0.05) is 7.11 Å². The van der Waals surface area contributed by atoms with E-state index >= 15 is 0 Å². The molecule has 0 radical (unpaired) electrons. The molecule has 0 bridgehead atoms. The first-order valence-electron chi connectivity index (χ1n) is 8.19. The van der Waals surface area contributed by atoms with Crippen molar-refractivity contribution in [2.24, 2.45) is 5.92 Å². The highest BCUT2D eigenvalue weighted by Crippen LogP contribution is 2.32. The summed E-state index contributed by atoms with van der Waals surface area (Å²) in [6, 6.07) is 0.276. The summed E-state index contributed by atoms with van der Waals surface area (Å²) in [6.07, 6.45) is 6.82. The fourth-order valence-corrected chi connectivity index (χ4v) is 3.75. The van der Waals surface area contributed by atoms with Gasteiger partial charge in [-0.1, -0.05) is 27.2 Å². The van der Waals surface area contributed by atoms with E-state index in [1.807, 2.05) is 0 Å². The fraction of sp³-hybridized carbons (Fsp3) is 0.938. The molecule has 1 aliphatic carbocycles. The van der Waals surface area contributed by atoms with Gasteiger partial charge in [0.2, 0.25) is 5.91 Å². The quantitative estimate of drug-likeness (QED) is 0.814. The summed E-state index contributed by atoms with van der Waals surface area (Å²) < 4.78 is 5.61. The van der Waals surface area contributed by atoms with Crippen LogP contribution in [-0.4, -0.2) is 42.3 Å². The molecular formula is C16H30N2O2. The van der Waals surface area contributed by atoms with Crippen LogP contribution in [0.1, 0.15) is 59.3 Å². The second-order valence-corrected chi connectivity index (χ2v) is 6.67. The van der Waals surface area contributed by atoms with Gasteiger partial charge < -0.3 is 9.64 Å². The van der Waals surface area contributed by atoms with Crippen molar-refractivity contribution in [1.29, 1.82) is 0 Å². The van der Waals surface area contributed by atoms with Crippen molar-refractivity contribution in [3.8, 4) is 0 Å². The Bertz CT molecular complexity index is 332. The molecule has 0 aromatic rings. The molecule has 1 aliphatic heterocycles. The van der Waals surface area contributed by atoms with Crippen LogP contribution in [0.25, 0.3) is 0 Å². The first-order valence-corrected chi connectivity index (χ1v) is 8.19. The van der Waals surface area contributed by atoms with Crippen LogP contribution in [0.2, 0.25) is 0 Å². The van der Waals surface area contributed by atoms with E-state index in [9.17, 15) is 4.79 Å². The Morgan fingerprint density at radius 3 is 2.75 bits per heavy atom. The molecule has 116 valence electrons. The lowest BCUT2D eigenvalue weighted by Gasteiger charge is -2.33. The number of hydrogen-bond donors (Lipinski definition) is 1. The third kappa shape index (κ3) is 3.17. The number of nitrogens with zero attached hydrogens (tertiary/aromatic N) is 1. The fourth-order valence-electron chi connectivity index (χ4n) is 3.75. The van der Waals surface area contributed by atoms with Gasteiger partial charge >= 0.3 is 0 Å². The lowest BCUT2D eigenvalue weighted by Crippen LogP contribution is -2.48. The molecule has 1 heterocycles. The SMILES string of the molecule is CCCC1NC(CC(C)C)C(=O)N1C1CCCC1OC. The molecular weight excluding hydrogens is 252 g/mol. The lowest BCUT2D eigenvalue weighted by atomic mass is 10.0. The smallest absolute Gasteiger partial charge is 0.241 e. The van der Waals surface area contributed by atoms with E-state index in [1.54, 1.807) is 7.11 Å². The third-order valence-corrected chi connectivity index (χ3v) is 4.63. The van der Waals surface area contributed by atoms with Crippen molar-refractivity contribution in [2.45, 2.75) is 83.6 Å². The normalized spacial score (nSPS) is 34.5. The van der Waals surface area contributed by atoms with Crippen molar-refractivity contribution in [3.05, 3.63) is 0 Å². The Morgan fingerprint density at radius 1 is 1.40 bits per heavy atom. The van der Waals surface area contributed by atoms with Gasteiger partial charge in [0.15, 0.2) is 0 Å². The summed E-state index contributed by atoms with van der Waals surface area (Å²) in [7, 11) is 1.78. The number of rotatable bonds is 6. The molecule has 4 nitrogen and oxygen atoms in total. The zero-order valence-electron chi connectivity index (χ0n) is 13.4. The predicted octanol–water partition coefficient (Wildman–Crippen LogP) is 2.53. The second-order valence-electron chi connectivity index (χ2n) is 6.67. The molecule has 0 spiro atoms. The maximum atomic E-state index is 12.8. The second kappa shape index (κ2) is 6.90. The maximum Gasteiger partial charge on any atom is 0.241 e. The van der Waals surface area contributed by atoms with Gasteiger partial charge in [-0.15, -0.1) is 0 Å². The lowest BCUT2D eigenvalue weighted by molar-refractivity contribution is -0.135. The van der Waals surface area contributed by atoms with E-state index in [0.29, 0.717) is 11.8 Å². The molecule has 1 saturated carbocycles.